The molecule has 136 valence electrons. The summed E-state index contributed by atoms with van der Waals surface area (Å²) in [6.07, 6.45) is 5.73. The van der Waals surface area contributed by atoms with Crippen LogP contribution in [0.1, 0.15) is 39.0 Å². The molecular weight excluding hydrogens is 306 g/mol. The monoisotopic (exact) mass is 337 g/mol. The lowest BCUT2D eigenvalue weighted by atomic mass is 10.0. The Morgan fingerprint density at radius 1 is 0.958 bits per heavy atom. The number of morpholine rings is 1. The van der Waals surface area contributed by atoms with E-state index in [1.165, 1.54) is 25.7 Å². The van der Waals surface area contributed by atoms with E-state index in [9.17, 15) is 9.59 Å². The van der Waals surface area contributed by atoms with Crippen LogP contribution in [-0.4, -0.2) is 85.0 Å². The highest BCUT2D eigenvalue weighted by molar-refractivity contribution is 5.81. The largest absolute Gasteiger partial charge is 0.378 e. The van der Waals surface area contributed by atoms with Crippen LogP contribution in [0.5, 0.6) is 0 Å². The zero-order chi connectivity index (χ0) is 16.9. The smallest absolute Gasteiger partial charge is 0.239 e. The molecule has 0 radical (unpaired) electrons. The number of carbonyl (C=O) groups is 2. The average Bonchev–Trinajstić information content (AvgIpc) is 3.14. The van der Waals surface area contributed by atoms with E-state index in [1.807, 2.05) is 16.7 Å². The van der Waals surface area contributed by atoms with Crippen molar-refractivity contribution in [2.45, 2.75) is 45.1 Å². The van der Waals surface area contributed by atoms with Crippen LogP contribution in [0.2, 0.25) is 0 Å². The summed E-state index contributed by atoms with van der Waals surface area (Å²) in [6.45, 7) is 7.78. The number of ether oxygens (including phenoxy) is 1. The molecular formula is C18H31N3O3. The third-order valence-corrected chi connectivity index (χ3v) is 5.83. The zero-order valence-electron chi connectivity index (χ0n) is 14.9. The van der Waals surface area contributed by atoms with Gasteiger partial charge in [0, 0.05) is 45.7 Å². The van der Waals surface area contributed by atoms with E-state index >= 15 is 0 Å². The lowest BCUT2D eigenvalue weighted by Crippen LogP contribution is -2.56. The van der Waals surface area contributed by atoms with Crippen LogP contribution in [0.25, 0.3) is 0 Å². The topological polar surface area (TPSA) is 53.1 Å². The van der Waals surface area contributed by atoms with Crippen molar-refractivity contribution in [2.75, 3.05) is 52.5 Å². The Hall–Kier alpha value is -1.14. The molecule has 0 N–H and O–H groups in total. The first kappa shape index (κ1) is 17.7. The fourth-order valence-electron chi connectivity index (χ4n) is 4.15. The van der Waals surface area contributed by atoms with E-state index in [-0.39, 0.29) is 11.9 Å². The summed E-state index contributed by atoms with van der Waals surface area (Å²) in [4.78, 5) is 31.1. The maximum absolute atomic E-state index is 12.6. The van der Waals surface area contributed by atoms with Crippen LogP contribution >= 0.6 is 0 Å². The molecule has 0 unspecified atom stereocenters. The van der Waals surface area contributed by atoms with E-state index in [1.54, 1.807) is 0 Å². The van der Waals surface area contributed by atoms with E-state index in [0.717, 1.165) is 32.6 Å². The predicted molar refractivity (Wildman–Crippen MR) is 91.6 cm³/mol. The van der Waals surface area contributed by atoms with Gasteiger partial charge in [0.25, 0.3) is 0 Å². The Balaban J connectivity index is 1.43. The van der Waals surface area contributed by atoms with Crippen LogP contribution in [0.4, 0.5) is 0 Å². The number of hydrogen-bond acceptors (Lipinski definition) is 4. The van der Waals surface area contributed by atoms with Gasteiger partial charge in [-0.15, -0.1) is 0 Å². The number of amides is 2. The molecule has 6 heteroatoms. The Bertz CT molecular complexity index is 437. The highest BCUT2D eigenvalue weighted by Crippen LogP contribution is 2.28. The first-order valence-electron chi connectivity index (χ1n) is 9.53. The minimum Gasteiger partial charge on any atom is -0.378 e. The van der Waals surface area contributed by atoms with E-state index in [2.05, 4.69) is 4.90 Å². The third kappa shape index (κ3) is 4.28. The zero-order valence-corrected chi connectivity index (χ0v) is 14.9. The normalized spacial score (nSPS) is 25.0. The van der Waals surface area contributed by atoms with Gasteiger partial charge < -0.3 is 14.5 Å². The molecule has 1 aliphatic carbocycles. The maximum Gasteiger partial charge on any atom is 0.239 e. The minimum absolute atomic E-state index is 0.102. The number of carbonyl (C=O) groups excluding carboxylic acids is 2. The Morgan fingerprint density at radius 3 is 2.21 bits per heavy atom. The van der Waals surface area contributed by atoms with E-state index in [4.69, 9.17) is 4.74 Å². The van der Waals surface area contributed by atoms with Crippen LogP contribution in [-0.2, 0) is 14.3 Å². The van der Waals surface area contributed by atoms with Crippen molar-refractivity contribution in [3.8, 4) is 0 Å². The summed E-state index contributed by atoms with van der Waals surface area (Å²) >= 11 is 0. The third-order valence-electron chi connectivity index (χ3n) is 5.83. The molecule has 6 nitrogen and oxygen atoms in total. The lowest BCUT2D eigenvalue weighted by molar-refractivity contribution is -0.142. The SMILES string of the molecule is C[C@@H](C(=O)N1CCOCC1)N1CCN(C(=O)CC2CCCC2)CC1. The summed E-state index contributed by atoms with van der Waals surface area (Å²) < 4.78 is 5.32. The van der Waals surface area contributed by atoms with Crippen LogP contribution in [0.3, 0.4) is 0 Å². The van der Waals surface area contributed by atoms with Gasteiger partial charge in [0.2, 0.25) is 11.8 Å². The summed E-state index contributed by atoms with van der Waals surface area (Å²) in [5.74, 6) is 1.12. The second-order valence-corrected chi connectivity index (χ2v) is 7.38. The Morgan fingerprint density at radius 2 is 1.58 bits per heavy atom. The molecule has 1 atom stereocenters. The fraction of sp³-hybridized carbons (Fsp3) is 0.889. The fourth-order valence-corrected chi connectivity index (χ4v) is 4.15. The van der Waals surface area contributed by atoms with Crippen molar-refractivity contribution < 1.29 is 14.3 Å². The van der Waals surface area contributed by atoms with Gasteiger partial charge in [-0.25, -0.2) is 0 Å². The molecule has 2 aliphatic heterocycles. The van der Waals surface area contributed by atoms with Crippen molar-refractivity contribution in [3.63, 3.8) is 0 Å². The van der Waals surface area contributed by atoms with Gasteiger partial charge in [0.05, 0.1) is 19.3 Å². The van der Waals surface area contributed by atoms with Crippen molar-refractivity contribution in [3.05, 3.63) is 0 Å². The van der Waals surface area contributed by atoms with Gasteiger partial charge in [-0.05, 0) is 25.7 Å². The molecule has 0 aromatic carbocycles. The molecule has 0 bridgehead atoms. The van der Waals surface area contributed by atoms with Crippen LogP contribution < -0.4 is 0 Å². The molecule has 2 amide bonds. The molecule has 0 spiro atoms. The van der Waals surface area contributed by atoms with Crippen molar-refractivity contribution in [1.29, 1.82) is 0 Å². The van der Waals surface area contributed by atoms with E-state index < -0.39 is 0 Å². The highest BCUT2D eigenvalue weighted by Gasteiger charge is 2.31. The lowest BCUT2D eigenvalue weighted by Gasteiger charge is -2.39. The molecule has 3 aliphatic rings. The Labute approximate surface area is 145 Å². The molecule has 24 heavy (non-hydrogen) atoms. The summed E-state index contributed by atoms with van der Waals surface area (Å²) in [6, 6.07) is -0.102. The summed E-state index contributed by atoms with van der Waals surface area (Å²) in [5.41, 5.74) is 0. The molecule has 0 aromatic heterocycles. The van der Waals surface area contributed by atoms with Gasteiger partial charge in [0.15, 0.2) is 0 Å². The van der Waals surface area contributed by atoms with Crippen molar-refractivity contribution >= 4 is 11.8 Å². The van der Waals surface area contributed by atoms with Crippen LogP contribution in [0, 0.1) is 5.92 Å². The number of nitrogens with zero attached hydrogens (tertiary/aromatic N) is 3. The summed E-state index contributed by atoms with van der Waals surface area (Å²) in [7, 11) is 0. The number of hydrogen-bond donors (Lipinski definition) is 0. The highest BCUT2D eigenvalue weighted by atomic mass is 16.5. The molecule has 2 saturated heterocycles. The van der Waals surface area contributed by atoms with Gasteiger partial charge in [-0.1, -0.05) is 12.8 Å². The predicted octanol–water partition coefficient (Wildman–Crippen LogP) is 0.958. The van der Waals surface area contributed by atoms with Crippen molar-refractivity contribution in [2.24, 2.45) is 5.92 Å². The molecule has 3 rings (SSSR count). The second-order valence-electron chi connectivity index (χ2n) is 7.38. The molecule has 1 saturated carbocycles. The molecule has 3 fully saturated rings. The average molecular weight is 337 g/mol. The van der Waals surface area contributed by atoms with Gasteiger partial charge in [-0.3, -0.25) is 14.5 Å². The second kappa shape index (κ2) is 8.30. The number of rotatable bonds is 4. The summed E-state index contributed by atoms with van der Waals surface area (Å²) in [5, 5.41) is 0. The maximum atomic E-state index is 12.6. The minimum atomic E-state index is -0.102. The first-order valence-corrected chi connectivity index (χ1v) is 9.53. The number of piperazine rings is 1. The van der Waals surface area contributed by atoms with E-state index in [0.29, 0.717) is 38.1 Å². The molecule has 2 heterocycles. The van der Waals surface area contributed by atoms with Gasteiger partial charge in [-0.2, -0.15) is 0 Å². The van der Waals surface area contributed by atoms with Crippen molar-refractivity contribution in [1.82, 2.24) is 14.7 Å². The standard InChI is InChI=1S/C18H31N3O3/c1-15(18(23)21-10-12-24-13-11-21)19-6-8-20(9-7-19)17(22)14-16-4-2-3-5-16/h15-16H,2-14H2,1H3/t15-/m0/s1. The van der Waals surface area contributed by atoms with Gasteiger partial charge in [0.1, 0.15) is 0 Å². The quantitative estimate of drug-likeness (QED) is 0.767. The van der Waals surface area contributed by atoms with Gasteiger partial charge >= 0.3 is 0 Å². The Kier molecular flexibility index (Phi) is 6.11. The first-order chi connectivity index (χ1) is 11.6. The molecule has 0 aromatic rings. The van der Waals surface area contributed by atoms with Crippen LogP contribution in [0.15, 0.2) is 0 Å².